The fraction of sp³-hybridized carbons (Fsp3) is 0.393. The second-order valence-electron chi connectivity index (χ2n) is 8.54. The minimum atomic E-state index is -0.828. The first-order valence-electron chi connectivity index (χ1n) is 12.5. The molecule has 2 aromatic carbocycles. The number of nitrogens with one attached hydrogen (secondary N) is 1. The highest BCUT2D eigenvalue weighted by molar-refractivity contribution is 6.39. The summed E-state index contributed by atoms with van der Waals surface area (Å²) in [5.74, 6) is -0.158. The number of benzene rings is 2. The number of nitrogens with zero attached hydrogens (tertiary/aromatic N) is 1. The molecule has 1 heterocycles. The standard InChI is InChI=1S/C28H33ClN2O6/c1-4-6-7-8-9-10-15-37-25-23(29)17-19(18-24(25)35-3)16-22-26(32)30-28(34)31(27(22)33)20-11-13-21(14-12-20)36-5-2/h11-14,16-18H,4-10,15H2,1-3H3,(H,30,32,34)/b22-16+. The molecule has 1 saturated heterocycles. The average Bonchev–Trinajstić information content (AvgIpc) is 2.87. The van der Waals surface area contributed by atoms with Crippen LogP contribution in [0.15, 0.2) is 42.0 Å². The van der Waals surface area contributed by atoms with Gasteiger partial charge in [-0.15, -0.1) is 0 Å². The third-order valence-electron chi connectivity index (χ3n) is 5.81. The van der Waals surface area contributed by atoms with Gasteiger partial charge >= 0.3 is 6.03 Å². The average molecular weight is 529 g/mol. The van der Waals surface area contributed by atoms with E-state index in [9.17, 15) is 14.4 Å². The van der Waals surface area contributed by atoms with E-state index >= 15 is 0 Å². The Balaban J connectivity index is 1.78. The maximum Gasteiger partial charge on any atom is 0.335 e. The summed E-state index contributed by atoms with van der Waals surface area (Å²) in [4.78, 5) is 39.1. The maximum absolute atomic E-state index is 13.2. The van der Waals surface area contributed by atoms with Crippen molar-refractivity contribution in [1.29, 1.82) is 0 Å². The van der Waals surface area contributed by atoms with Crippen molar-refractivity contribution in [2.45, 2.75) is 52.4 Å². The summed E-state index contributed by atoms with van der Waals surface area (Å²) in [5, 5.41) is 2.51. The molecule has 8 nitrogen and oxygen atoms in total. The number of carbonyl (C=O) groups is 3. The van der Waals surface area contributed by atoms with Gasteiger partial charge in [-0.25, -0.2) is 9.69 Å². The van der Waals surface area contributed by atoms with Gasteiger partial charge in [-0.05, 0) is 61.4 Å². The Morgan fingerprint density at radius 1 is 0.946 bits per heavy atom. The molecule has 0 aliphatic carbocycles. The highest BCUT2D eigenvalue weighted by atomic mass is 35.5. The van der Waals surface area contributed by atoms with Crippen molar-refractivity contribution in [1.82, 2.24) is 5.32 Å². The van der Waals surface area contributed by atoms with Gasteiger partial charge in [-0.2, -0.15) is 0 Å². The first-order chi connectivity index (χ1) is 17.9. The molecule has 0 aromatic heterocycles. The number of methoxy groups -OCH3 is 1. The highest BCUT2D eigenvalue weighted by Gasteiger charge is 2.37. The number of rotatable bonds is 13. The molecule has 1 fully saturated rings. The Labute approximate surface area is 222 Å². The predicted molar refractivity (Wildman–Crippen MR) is 143 cm³/mol. The second-order valence-corrected chi connectivity index (χ2v) is 8.94. The van der Waals surface area contributed by atoms with Crippen LogP contribution in [0.5, 0.6) is 17.2 Å². The molecule has 1 aliphatic rings. The summed E-state index contributed by atoms with van der Waals surface area (Å²) >= 11 is 6.48. The lowest BCUT2D eigenvalue weighted by molar-refractivity contribution is -0.122. The molecule has 1 N–H and O–H groups in total. The van der Waals surface area contributed by atoms with Crippen LogP contribution < -0.4 is 24.4 Å². The van der Waals surface area contributed by atoms with Crippen molar-refractivity contribution in [3.05, 3.63) is 52.6 Å². The van der Waals surface area contributed by atoms with Crippen LogP contribution in [0.3, 0.4) is 0 Å². The summed E-state index contributed by atoms with van der Waals surface area (Å²) < 4.78 is 16.7. The van der Waals surface area contributed by atoms with Crippen LogP contribution in [0.25, 0.3) is 6.08 Å². The highest BCUT2D eigenvalue weighted by Crippen LogP contribution is 2.37. The molecule has 0 unspecified atom stereocenters. The van der Waals surface area contributed by atoms with Crippen LogP contribution in [0, 0.1) is 0 Å². The molecule has 9 heteroatoms. The van der Waals surface area contributed by atoms with Gasteiger partial charge in [0, 0.05) is 0 Å². The minimum Gasteiger partial charge on any atom is -0.494 e. The van der Waals surface area contributed by atoms with Crippen LogP contribution in [0.2, 0.25) is 5.02 Å². The number of carbonyl (C=O) groups excluding carboxylic acids is 3. The Hall–Kier alpha value is -3.52. The van der Waals surface area contributed by atoms with E-state index in [4.69, 9.17) is 25.8 Å². The monoisotopic (exact) mass is 528 g/mol. The second kappa shape index (κ2) is 13.7. The summed E-state index contributed by atoms with van der Waals surface area (Å²) in [6, 6.07) is 8.84. The van der Waals surface area contributed by atoms with Crippen molar-refractivity contribution < 1.29 is 28.6 Å². The molecule has 198 valence electrons. The van der Waals surface area contributed by atoms with E-state index in [2.05, 4.69) is 12.2 Å². The third kappa shape index (κ3) is 7.26. The zero-order valence-corrected chi connectivity index (χ0v) is 22.2. The number of ether oxygens (including phenoxy) is 3. The van der Waals surface area contributed by atoms with Gasteiger partial charge < -0.3 is 14.2 Å². The normalized spacial score (nSPS) is 14.6. The molecule has 0 atom stereocenters. The maximum atomic E-state index is 13.2. The summed E-state index contributed by atoms with van der Waals surface area (Å²) in [7, 11) is 1.49. The van der Waals surface area contributed by atoms with Crippen molar-refractivity contribution >= 4 is 41.2 Å². The fourth-order valence-electron chi connectivity index (χ4n) is 3.94. The zero-order valence-electron chi connectivity index (χ0n) is 21.5. The van der Waals surface area contributed by atoms with Crippen LogP contribution in [-0.4, -0.2) is 38.2 Å². The quantitative estimate of drug-likeness (QED) is 0.190. The third-order valence-corrected chi connectivity index (χ3v) is 6.10. The Kier molecular flexibility index (Phi) is 10.4. The molecule has 0 saturated carbocycles. The molecule has 1 aliphatic heterocycles. The van der Waals surface area contributed by atoms with Crippen LogP contribution >= 0.6 is 11.6 Å². The number of barbiturate groups is 1. The van der Waals surface area contributed by atoms with Crippen LogP contribution in [0.4, 0.5) is 10.5 Å². The molecule has 0 spiro atoms. The molecule has 0 radical (unpaired) electrons. The Bertz CT molecular complexity index is 1150. The van der Waals surface area contributed by atoms with Gasteiger partial charge in [-0.1, -0.05) is 50.6 Å². The largest absolute Gasteiger partial charge is 0.494 e. The van der Waals surface area contributed by atoms with Gasteiger partial charge in [-0.3, -0.25) is 14.9 Å². The minimum absolute atomic E-state index is 0.215. The molecular formula is C28H33ClN2O6. The van der Waals surface area contributed by atoms with E-state index in [0.717, 1.165) is 17.7 Å². The summed E-state index contributed by atoms with van der Waals surface area (Å²) in [6.07, 6.45) is 8.18. The van der Waals surface area contributed by atoms with E-state index in [1.807, 2.05) is 6.92 Å². The Morgan fingerprint density at radius 3 is 2.32 bits per heavy atom. The fourth-order valence-corrected chi connectivity index (χ4v) is 4.21. The molecular weight excluding hydrogens is 496 g/mol. The van der Waals surface area contributed by atoms with Crippen LogP contribution in [-0.2, 0) is 9.59 Å². The summed E-state index contributed by atoms with van der Waals surface area (Å²) in [6.45, 7) is 5.03. The van der Waals surface area contributed by atoms with Crippen molar-refractivity contribution in [3.8, 4) is 17.2 Å². The van der Waals surface area contributed by atoms with Gasteiger partial charge in [0.05, 0.1) is 31.0 Å². The first kappa shape index (κ1) is 28.1. The van der Waals surface area contributed by atoms with Crippen molar-refractivity contribution in [2.75, 3.05) is 25.2 Å². The first-order valence-corrected chi connectivity index (χ1v) is 12.9. The number of halogens is 1. The number of urea groups is 1. The molecule has 2 aromatic rings. The van der Waals surface area contributed by atoms with E-state index in [0.29, 0.717) is 46.7 Å². The number of unbranched alkanes of at least 4 members (excludes halogenated alkanes) is 5. The topological polar surface area (TPSA) is 94.2 Å². The number of imide groups is 2. The van der Waals surface area contributed by atoms with Gasteiger partial charge in [0.1, 0.15) is 11.3 Å². The number of anilines is 1. The SMILES string of the molecule is CCCCCCCCOc1c(Cl)cc(/C=C2\C(=O)NC(=O)N(c3ccc(OCC)cc3)C2=O)cc1OC. The van der Waals surface area contributed by atoms with Gasteiger partial charge in [0.15, 0.2) is 11.5 Å². The smallest absolute Gasteiger partial charge is 0.335 e. The van der Waals surface area contributed by atoms with Crippen molar-refractivity contribution in [3.63, 3.8) is 0 Å². The molecule has 37 heavy (non-hydrogen) atoms. The van der Waals surface area contributed by atoms with E-state index in [-0.39, 0.29) is 5.57 Å². The molecule has 0 bridgehead atoms. The lowest BCUT2D eigenvalue weighted by atomic mass is 10.1. The predicted octanol–water partition coefficient (Wildman–Crippen LogP) is 6.15. The van der Waals surface area contributed by atoms with Gasteiger partial charge in [0.2, 0.25) is 0 Å². The van der Waals surface area contributed by atoms with Crippen molar-refractivity contribution in [2.24, 2.45) is 0 Å². The van der Waals surface area contributed by atoms with Gasteiger partial charge in [0.25, 0.3) is 11.8 Å². The van der Waals surface area contributed by atoms with E-state index < -0.39 is 17.8 Å². The van der Waals surface area contributed by atoms with E-state index in [1.165, 1.54) is 38.9 Å². The van der Waals surface area contributed by atoms with E-state index in [1.54, 1.807) is 36.4 Å². The number of hydrogen-bond donors (Lipinski definition) is 1. The lowest BCUT2D eigenvalue weighted by Gasteiger charge is -2.26. The molecule has 3 rings (SSSR count). The lowest BCUT2D eigenvalue weighted by Crippen LogP contribution is -2.54. The summed E-state index contributed by atoms with van der Waals surface area (Å²) in [5.41, 5.74) is 0.541. The molecule has 4 amide bonds. The zero-order chi connectivity index (χ0) is 26.8. The number of amides is 4. The Morgan fingerprint density at radius 2 is 1.65 bits per heavy atom. The number of hydrogen-bond acceptors (Lipinski definition) is 6. The van der Waals surface area contributed by atoms with Crippen LogP contribution in [0.1, 0.15) is 57.9 Å².